The molecule has 0 unspecified atom stereocenters. The number of anilines is 1. The van der Waals surface area contributed by atoms with Crippen molar-refractivity contribution in [2.75, 3.05) is 18.0 Å². The van der Waals surface area contributed by atoms with Crippen LogP contribution in [0.1, 0.15) is 30.4 Å². The summed E-state index contributed by atoms with van der Waals surface area (Å²) in [5.41, 5.74) is 4.87. The molecule has 1 saturated heterocycles. The summed E-state index contributed by atoms with van der Waals surface area (Å²) >= 11 is 1.71. The second kappa shape index (κ2) is 7.59. The maximum atomic E-state index is 4.65. The molecule has 121 valence electrons. The third-order valence-electron chi connectivity index (χ3n) is 4.58. The van der Waals surface area contributed by atoms with Crippen molar-refractivity contribution in [3.63, 3.8) is 0 Å². The number of piperidine rings is 1. The van der Waals surface area contributed by atoms with Gasteiger partial charge in [0, 0.05) is 51.2 Å². The fourth-order valence-corrected chi connectivity index (χ4v) is 4.33. The van der Waals surface area contributed by atoms with Crippen LogP contribution in [-0.4, -0.2) is 23.1 Å². The van der Waals surface area contributed by atoms with Gasteiger partial charge in [-0.05, 0) is 30.2 Å². The smallest absolute Gasteiger partial charge is 0.140 e. The topological polar surface area (TPSA) is 29.0 Å². The van der Waals surface area contributed by atoms with Crippen LogP contribution in [0.15, 0.2) is 23.8 Å². The second-order valence-electron chi connectivity index (χ2n) is 6.25. The number of aryl methyl sites for hydroxylation is 2. The summed E-state index contributed by atoms with van der Waals surface area (Å²) in [4.78, 5) is 12.7. The largest absolute Gasteiger partial charge is 0.356 e. The van der Waals surface area contributed by atoms with Crippen LogP contribution in [0.3, 0.4) is 0 Å². The van der Waals surface area contributed by atoms with E-state index in [4.69, 9.17) is 0 Å². The van der Waals surface area contributed by atoms with Crippen LogP contribution in [0.25, 0.3) is 21.3 Å². The molecular formula is C19H20N3SY-. The van der Waals surface area contributed by atoms with Crippen molar-refractivity contribution in [3.05, 3.63) is 41.0 Å². The van der Waals surface area contributed by atoms with Crippen LogP contribution in [0.4, 0.5) is 5.82 Å². The Balaban J connectivity index is 0.00000169. The van der Waals surface area contributed by atoms with Crippen LogP contribution in [0.5, 0.6) is 0 Å². The maximum absolute atomic E-state index is 4.65. The van der Waals surface area contributed by atoms with E-state index in [1.165, 1.54) is 46.9 Å². The Bertz CT molecular complexity index is 853. The molecule has 3 heterocycles. The van der Waals surface area contributed by atoms with E-state index in [0.717, 1.165) is 23.7 Å². The van der Waals surface area contributed by atoms with E-state index in [9.17, 15) is 0 Å². The summed E-state index contributed by atoms with van der Waals surface area (Å²) in [5.74, 6) is 1.10. The minimum absolute atomic E-state index is 0. The van der Waals surface area contributed by atoms with Crippen LogP contribution < -0.4 is 4.90 Å². The van der Waals surface area contributed by atoms with Crippen LogP contribution in [-0.2, 0) is 32.7 Å². The molecule has 3 nitrogen and oxygen atoms in total. The van der Waals surface area contributed by atoms with Gasteiger partial charge in [-0.15, -0.1) is 16.9 Å². The summed E-state index contributed by atoms with van der Waals surface area (Å²) in [5, 5.41) is 3.43. The maximum Gasteiger partial charge on any atom is 0.140 e. The molecule has 1 aliphatic heterocycles. The number of benzene rings is 1. The molecule has 0 spiro atoms. The molecule has 2 aromatic heterocycles. The van der Waals surface area contributed by atoms with Gasteiger partial charge in [-0.25, -0.2) is 9.97 Å². The van der Waals surface area contributed by atoms with Gasteiger partial charge in [0.2, 0.25) is 0 Å². The fourth-order valence-electron chi connectivity index (χ4n) is 3.43. The normalized spacial score (nSPS) is 14.7. The average Bonchev–Trinajstić information content (AvgIpc) is 3.00. The number of thiophene rings is 1. The standard InChI is InChI=1S/C19H20N3S.Y/c1-13-6-7-15(14(2)10-13)16-11-23-19-17(16)18(20-12-21-19)22-8-4-3-5-9-22;/h6-7,11-12H,3-5,8-9H2,1-2H3;/q-1;. The molecule has 4 rings (SSSR count). The van der Waals surface area contributed by atoms with Crippen molar-refractivity contribution >= 4 is 27.4 Å². The molecule has 0 saturated carbocycles. The zero-order chi connectivity index (χ0) is 15.8. The number of rotatable bonds is 2. The van der Waals surface area contributed by atoms with Crippen LogP contribution in [0.2, 0.25) is 0 Å². The van der Waals surface area contributed by atoms with Crippen molar-refractivity contribution < 1.29 is 32.7 Å². The molecule has 0 N–H and O–H groups in total. The minimum Gasteiger partial charge on any atom is -0.356 e. The summed E-state index contributed by atoms with van der Waals surface area (Å²) in [6.07, 6.45) is 5.54. The van der Waals surface area contributed by atoms with E-state index in [1.54, 1.807) is 17.7 Å². The number of hydrogen-bond donors (Lipinski definition) is 0. The van der Waals surface area contributed by atoms with Gasteiger partial charge in [0.25, 0.3) is 0 Å². The Labute approximate surface area is 172 Å². The number of nitrogens with zero attached hydrogens (tertiary/aromatic N) is 3. The molecular weight excluding hydrogens is 391 g/mol. The van der Waals surface area contributed by atoms with E-state index < -0.39 is 0 Å². The number of hydrogen-bond acceptors (Lipinski definition) is 4. The van der Waals surface area contributed by atoms with Crippen molar-refractivity contribution in [3.8, 4) is 11.1 Å². The monoisotopic (exact) mass is 411 g/mol. The molecule has 0 aliphatic carbocycles. The van der Waals surface area contributed by atoms with Crippen LogP contribution in [0, 0.1) is 19.9 Å². The first-order valence-corrected chi connectivity index (χ1v) is 9.09. The van der Waals surface area contributed by atoms with E-state index in [2.05, 4.69) is 52.3 Å². The van der Waals surface area contributed by atoms with Crippen molar-refractivity contribution in [1.82, 2.24) is 9.97 Å². The first-order valence-electron chi connectivity index (χ1n) is 8.21. The molecule has 1 radical (unpaired) electrons. The molecule has 1 aromatic carbocycles. The Hall–Kier alpha value is -0.836. The summed E-state index contributed by atoms with van der Waals surface area (Å²) in [7, 11) is 0. The van der Waals surface area contributed by atoms with Gasteiger partial charge in [-0.1, -0.05) is 13.8 Å². The van der Waals surface area contributed by atoms with Crippen molar-refractivity contribution in [1.29, 1.82) is 0 Å². The Kier molecular flexibility index (Phi) is 5.68. The van der Waals surface area contributed by atoms with Crippen molar-refractivity contribution in [2.24, 2.45) is 0 Å². The Morgan fingerprint density at radius 2 is 1.83 bits per heavy atom. The predicted octanol–water partition coefficient (Wildman–Crippen LogP) is 4.76. The molecule has 0 amide bonds. The number of aromatic nitrogens is 2. The quantitative estimate of drug-likeness (QED) is 0.570. The van der Waals surface area contributed by atoms with Gasteiger partial charge in [0.1, 0.15) is 17.0 Å². The minimum atomic E-state index is 0. The van der Waals surface area contributed by atoms with E-state index in [1.807, 2.05) is 0 Å². The van der Waals surface area contributed by atoms with Gasteiger partial charge in [0.05, 0.1) is 0 Å². The van der Waals surface area contributed by atoms with Gasteiger partial charge in [-0.2, -0.15) is 29.3 Å². The van der Waals surface area contributed by atoms with Gasteiger partial charge in [-0.3, -0.25) is 0 Å². The predicted molar refractivity (Wildman–Crippen MR) is 97.2 cm³/mol. The molecule has 0 atom stereocenters. The molecule has 0 bridgehead atoms. The average molecular weight is 411 g/mol. The van der Waals surface area contributed by atoms with E-state index in [0.29, 0.717) is 0 Å². The summed E-state index contributed by atoms with van der Waals surface area (Å²) in [6, 6.07) is 7.78. The van der Waals surface area contributed by atoms with Gasteiger partial charge in [0.15, 0.2) is 0 Å². The third-order valence-corrected chi connectivity index (χ3v) is 5.47. The fraction of sp³-hybridized carbons (Fsp3) is 0.368. The second-order valence-corrected chi connectivity index (χ2v) is 7.11. The first-order chi connectivity index (χ1) is 11.2. The zero-order valence-electron chi connectivity index (χ0n) is 14.2. The van der Waals surface area contributed by atoms with Gasteiger partial charge >= 0.3 is 0 Å². The SMILES string of the molecule is Cc1[c-]c(C)c(-c2csc3ncnc(N4CCCCC4)c23)cc1.[Y]. The molecule has 1 fully saturated rings. The molecule has 5 heteroatoms. The Morgan fingerprint density at radius 1 is 1.04 bits per heavy atom. The van der Waals surface area contributed by atoms with Crippen molar-refractivity contribution in [2.45, 2.75) is 33.1 Å². The molecule has 24 heavy (non-hydrogen) atoms. The molecule has 3 aromatic rings. The summed E-state index contributed by atoms with van der Waals surface area (Å²) < 4.78 is 0. The van der Waals surface area contributed by atoms with E-state index in [-0.39, 0.29) is 32.7 Å². The Morgan fingerprint density at radius 3 is 2.58 bits per heavy atom. The van der Waals surface area contributed by atoms with Gasteiger partial charge < -0.3 is 4.90 Å². The van der Waals surface area contributed by atoms with E-state index >= 15 is 0 Å². The first kappa shape index (κ1) is 18.0. The summed E-state index contributed by atoms with van der Waals surface area (Å²) in [6.45, 7) is 6.42. The third kappa shape index (κ3) is 3.29. The number of fused-ring (bicyclic) bond motifs is 1. The zero-order valence-corrected chi connectivity index (χ0v) is 17.8. The van der Waals surface area contributed by atoms with Crippen LogP contribution >= 0.6 is 11.3 Å². The molecule has 1 aliphatic rings.